The first kappa shape index (κ1) is 14.7. The third kappa shape index (κ3) is 6.76. The summed E-state index contributed by atoms with van der Waals surface area (Å²) in [5.41, 5.74) is 1.99. The molecule has 0 aliphatic carbocycles. The molecule has 0 N–H and O–H groups in total. The van der Waals surface area contributed by atoms with E-state index in [1.807, 2.05) is 0 Å². The number of rotatable bonds is 6. The molecule has 0 heterocycles. The molecule has 0 aromatic carbocycles. The first-order valence-corrected chi connectivity index (χ1v) is 6.44. The van der Waals surface area contributed by atoms with Crippen LogP contribution in [0, 0.1) is 17.3 Å². The van der Waals surface area contributed by atoms with E-state index < -0.39 is 0 Å². The summed E-state index contributed by atoms with van der Waals surface area (Å²) in [7, 11) is 0. The van der Waals surface area contributed by atoms with Crippen LogP contribution in [0.25, 0.3) is 0 Å². The van der Waals surface area contributed by atoms with Crippen LogP contribution < -0.4 is 0 Å². The van der Waals surface area contributed by atoms with Gasteiger partial charge in [-0.15, -0.1) is 0 Å². The summed E-state index contributed by atoms with van der Waals surface area (Å²) >= 11 is 0. The third-order valence-corrected chi connectivity index (χ3v) is 3.57. The summed E-state index contributed by atoms with van der Waals surface area (Å²) in [4.78, 5) is 0. The topological polar surface area (TPSA) is 0 Å². The highest BCUT2D eigenvalue weighted by Gasteiger charge is 2.21. The standard InChI is InChI=1S/C15H30/c1-8-13(4)9-10-15(6,7)11-14(5)12(2)3/h9,12,14H,8,10-11H2,1-7H3. The molecule has 0 saturated carbocycles. The molecule has 0 aliphatic heterocycles. The minimum absolute atomic E-state index is 0.458. The highest BCUT2D eigenvalue weighted by Crippen LogP contribution is 2.33. The molecule has 0 aliphatic rings. The molecule has 15 heavy (non-hydrogen) atoms. The summed E-state index contributed by atoms with van der Waals surface area (Å²) in [5, 5.41) is 0. The molecule has 0 fully saturated rings. The molecule has 0 aromatic rings. The summed E-state index contributed by atoms with van der Waals surface area (Å²) in [5.74, 6) is 1.64. The van der Waals surface area contributed by atoms with Crippen LogP contribution >= 0.6 is 0 Å². The fourth-order valence-corrected chi connectivity index (χ4v) is 1.79. The Balaban J connectivity index is 4.18. The lowest BCUT2D eigenvalue weighted by molar-refractivity contribution is 0.239. The molecule has 0 spiro atoms. The Morgan fingerprint density at radius 3 is 2.13 bits per heavy atom. The van der Waals surface area contributed by atoms with Gasteiger partial charge in [0.1, 0.15) is 0 Å². The van der Waals surface area contributed by atoms with Gasteiger partial charge in [-0.05, 0) is 43.4 Å². The van der Waals surface area contributed by atoms with Gasteiger partial charge in [0.2, 0.25) is 0 Å². The smallest absolute Gasteiger partial charge is 0.0296 e. The molecule has 0 rings (SSSR count). The Kier molecular flexibility index (Phi) is 6.24. The zero-order valence-corrected chi connectivity index (χ0v) is 11.9. The van der Waals surface area contributed by atoms with E-state index in [0.29, 0.717) is 5.41 Å². The summed E-state index contributed by atoms with van der Waals surface area (Å²) < 4.78 is 0. The van der Waals surface area contributed by atoms with Crippen molar-refractivity contribution in [2.45, 2.75) is 67.7 Å². The lowest BCUT2D eigenvalue weighted by Gasteiger charge is -2.29. The largest absolute Gasteiger partial charge is 0.0851 e. The van der Waals surface area contributed by atoms with Gasteiger partial charge in [-0.25, -0.2) is 0 Å². The second-order valence-corrected chi connectivity index (χ2v) is 6.20. The van der Waals surface area contributed by atoms with Crippen molar-refractivity contribution in [2.24, 2.45) is 17.3 Å². The molecule has 0 heteroatoms. The SMILES string of the molecule is CCC(C)=CCC(C)(C)CC(C)C(C)C. The second kappa shape index (κ2) is 6.35. The van der Waals surface area contributed by atoms with E-state index in [0.717, 1.165) is 11.8 Å². The molecular weight excluding hydrogens is 180 g/mol. The van der Waals surface area contributed by atoms with Crippen molar-refractivity contribution in [2.75, 3.05) is 0 Å². The molecular formula is C15H30. The van der Waals surface area contributed by atoms with Crippen molar-refractivity contribution in [3.05, 3.63) is 11.6 Å². The molecule has 0 saturated heterocycles. The monoisotopic (exact) mass is 210 g/mol. The predicted molar refractivity (Wildman–Crippen MR) is 71.1 cm³/mol. The fraction of sp³-hybridized carbons (Fsp3) is 0.867. The molecule has 0 radical (unpaired) electrons. The highest BCUT2D eigenvalue weighted by molar-refractivity contribution is 4.99. The minimum Gasteiger partial charge on any atom is -0.0851 e. The highest BCUT2D eigenvalue weighted by atomic mass is 14.3. The number of hydrogen-bond acceptors (Lipinski definition) is 0. The van der Waals surface area contributed by atoms with E-state index in [1.54, 1.807) is 0 Å². The van der Waals surface area contributed by atoms with Gasteiger partial charge >= 0.3 is 0 Å². The molecule has 0 nitrogen and oxygen atoms in total. The van der Waals surface area contributed by atoms with Gasteiger partial charge in [-0.2, -0.15) is 0 Å². The summed E-state index contributed by atoms with van der Waals surface area (Å²) in [6.07, 6.45) is 6.17. The van der Waals surface area contributed by atoms with Gasteiger partial charge in [0.15, 0.2) is 0 Å². The maximum absolute atomic E-state index is 2.42. The third-order valence-electron chi connectivity index (χ3n) is 3.57. The van der Waals surface area contributed by atoms with Gasteiger partial charge in [-0.1, -0.05) is 53.2 Å². The van der Waals surface area contributed by atoms with Crippen molar-refractivity contribution >= 4 is 0 Å². The first-order valence-electron chi connectivity index (χ1n) is 6.44. The van der Waals surface area contributed by atoms with Gasteiger partial charge in [0.05, 0.1) is 0 Å². The predicted octanol–water partition coefficient (Wildman–Crippen LogP) is 5.44. The summed E-state index contributed by atoms with van der Waals surface area (Å²) in [6.45, 7) is 16.3. The maximum Gasteiger partial charge on any atom is -0.0296 e. The van der Waals surface area contributed by atoms with Crippen LogP contribution in [0.4, 0.5) is 0 Å². The van der Waals surface area contributed by atoms with E-state index in [9.17, 15) is 0 Å². The van der Waals surface area contributed by atoms with Crippen molar-refractivity contribution < 1.29 is 0 Å². The van der Waals surface area contributed by atoms with Gasteiger partial charge in [0, 0.05) is 0 Å². The quantitative estimate of drug-likeness (QED) is 0.512. The molecule has 1 unspecified atom stereocenters. The Hall–Kier alpha value is -0.260. The second-order valence-electron chi connectivity index (χ2n) is 6.20. The van der Waals surface area contributed by atoms with Crippen LogP contribution in [0.5, 0.6) is 0 Å². The molecule has 90 valence electrons. The summed E-state index contributed by atoms with van der Waals surface area (Å²) in [6, 6.07) is 0. The van der Waals surface area contributed by atoms with E-state index >= 15 is 0 Å². The van der Waals surface area contributed by atoms with Crippen LogP contribution in [-0.4, -0.2) is 0 Å². The van der Waals surface area contributed by atoms with Crippen molar-refractivity contribution in [3.63, 3.8) is 0 Å². The molecule has 0 amide bonds. The molecule has 1 atom stereocenters. The molecule has 0 bridgehead atoms. The van der Waals surface area contributed by atoms with Crippen LogP contribution in [0.2, 0.25) is 0 Å². The lowest BCUT2D eigenvalue weighted by atomic mass is 9.77. The number of allylic oxidation sites excluding steroid dienone is 2. The molecule has 0 aromatic heterocycles. The van der Waals surface area contributed by atoms with Gasteiger partial charge in [-0.3, -0.25) is 0 Å². The Morgan fingerprint density at radius 1 is 1.20 bits per heavy atom. The van der Waals surface area contributed by atoms with E-state index in [-0.39, 0.29) is 0 Å². The van der Waals surface area contributed by atoms with Crippen molar-refractivity contribution in [3.8, 4) is 0 Å². The van der Waals surface area contributed by atoms with E-state index in [2.05, 4.69) is 54.5 Å². The van der Waals surface area contributed by atoms with Gasteiger partial charge < -0.3 is 0 Å². The Bertz CT molecular complexity index is 196. The van der Waals surface area contributed by atoms with Crippen molar-refractivity contribution in [1.29, 1.82) is 0 Å². The van der Waals surface area contributed by atoms with Gasteiger partial charge in [0.25, 0.3) is 0 Å². The number of hydrogen-bond donors (Lipinski definition) is 0. The maximum atomic E-state index is 2.42. The zero-order chi connectivity index (χ0) is 12.1. The fourth-order valence-electron chi connectivity index (χ4n) is 1.79. The zero-order valence-electron chi connectivity index (χ0n) is 11.9. The van der Waals surface area contributed by atoms with Crippen LogP contribution in [0.1, 0.15) is 67.7 Å². The average Bonchev–Trinajstić information content (AvgIpc) is 2.13. The normalized spacial score (nSPS) is 15.9. The Morgan fingerprint density at radius 2 is 1.73 bits per heavy atom. The van der Waals surface area contributed by atoms with Crippen LogP contribution in [0.3, 0.4) is 0 Å². The Labute approximate surface area is 97.2 Å². The van der Waals surface area contributed by atoms with Crippen LogP contribution in [0.15, 0.2) is 11.6 Å². The lowest BCUT2D eigenvalue weighted by Crippen LogP contribution is -2.18. The first-order chi connectivity index (χ1) is 6.78. The minimum atomic E-state index is 0.458. The van der Waals surface area contributed by atoms with E-state index in [4.69, 9.17) is 0 Å². The van der Waals surface area contributed by atoms with Crippen LogP contribution in [-0.2, 0) is 0 Å². The van der Waals surface area contributed by atoms with Crippen molar-refractivity contribution in [1.82, 2.24) is 0 Å². The van der Waals surface area contributed by atoms with E-state index in [1.165, 1.54) is 24.8 Å². The average molecular weight is 210 g/mol.